The Kier molecular flexibility index (Phi) is 7.14. The summed E-state index contributed by atoms with van der Waals surface area (Å²) in [7, 11) is 0. The number of anilines is 5. The Morgan fingerprint density at radius 3 is 1.59 bits per heavy atom. The second-order valence-electron chi connectivity index (χ2n) is 16.2. The van der Waals surface area contributed by atoms with Gasteiger partial charge < -0.3 is 28.7 Å². The zero-order valence-corrected chi connectivity index (χ0v) is 33.3. The summed E-state index contributed by atoms with van der Waals surface area (Å²) in [6, 6.07) is 61.9. The van der Waals surface area contributed by atoms with Gasteiger partial charge in [0.15, 0.2) is 46.0 Å². The molecule has 9 aromatic rings. The van der Waals surface area contributed by atoms with Gasteiger partial charge in [-0.3, -0.25) is 0 Å². The van der Waals surface area contributed by atoms with Crippen LogP contribution in [0.3, 0.4) is 0 Å². The van der Waals surface area contributed by atoms with Gasteiger partial charge in [0, 0.05) is 40.4 Å². The monoisotopic (exact) mass is 786 g/mol. The third kappa shape index (κ3) is 5.17. The smallest absolute Gasteiger partial charge is 0.333 e. The highest BCUT2D eigenvalue weighted by atomic mass is 16.6. The summed E-state index contributed by atoms with van der Waals surface area (Å²) in [5.74, 6) is 5.44. The molecule has 0 aliphatic carbocycles. The minimum atomic E-state index is -0.233. The van der Waals surface area contributed by atoms with Crippen LogP contribution in [0.5, 0.6) is 46.0 Å². The third-order valence-corrected chi connectivity index (χ3v) is 12.5. The van der Waals surface area contributed by atoms with Crippen molar-refractivity contribution in [3.05, 3.63) is 187 Å². The van der Waals surface area contributed by atoms with Crippen LogP contribution in [0.15, 0.2) is 176 Å². The van der Waals surface area contributed by atoms with Gasteiger partial charge in [0.05, 0.1) is 5.69 Å². The SMILES string of the molecule is Cc1cc2c3c(c1)N(c1cc4c(cc1C)Oc1ccccc1O4)c1cc4c(cc1B3N(c1ccc(-c3ccccc3)cc1)c1cc3ccccc3cc1-2)Oc1ccccc1O4. The number of nitrogens with zero attached hydrogens (tertiary/aromatic N) is 2. The Morgan fingerprint density at radius 1 is 0.393 bits per heavy atom. The topological polar surface area (TPSA) is 43.4 Å². The maximum atomic E-state index is 6.70. The molecule has 4 aliphatic heterocycles. The van der Waals surface area contributed by atoms with Crippen LogP contribution in [-0.4, -0.2) is 6.85 Å². The molecule has 0 unspecified atom stereocenters. The molecule has 6 nitrogen and oxygen atoms in total. The summed E-state index contributed by atoms with van der Waals surface area (Å²) in [6.45, 7) is 4.11. The van der Waals surface area contributed by atoms with E-state index >= 15 is 0 Å². The second-order valence-corrected chi connectivity index (χ2v) is 16.2. The van der Waals surface area contributed by atoms with E-state index in [1.54, 1.807) is 0 Å². The van der Waals surface area contributed by atoms with Gasteiger partial charge in [-0.2, -0.15) is 0 Å². The van der Waals surface area contributed by atoms with Crippen molar-refractivity contribution in [2.24, 2.45) is 0 Å². The number of hydrogen-bond donors (Lipinski definition) is 0. The zero-order valence-electron chi connectivity index (χ0n) is 33.3. The maximum Gasteiger partial charge on any atom is 0.333 e. The summed E-state index contributed by atoms with van der Waals surface area (Å²) in [5.41, 5.74) is 14.6. The predicted octanol–water partition coefficient (Wildman–Crippen LogP) is 13.6. The molecule has 288 valence electrons. The summed E-state index contributed by atoms with van der Waals surface area (Å²) >= 11 is 0. The summed E-state index contributed by atoms with van der Waals surface area (Å²) in [4.78, 5) is 4.93. The molecule has 0 fully saturated rings. The molecule has 0 spiro atoms. The molecule has 4 aliphatic rings. The molecule has 4 heterocycles. The van der Waals surface area contributed by atoms with Gasteiger partial charge in [0.25, 0.3) is 0 Å². The molecule has 0 saturated heterocycles. The molecule has 0 atom stereocenters. The van der Waals surface area contributed by atoms with Crippen molar-refractivity contribution < 1.29 is 18.9 Å². The van der Waals surface area contributed by atoms with Crippen LogP contribution in [0.1, 0.15) is 11.1 Å². The van der Waals surface area contributed by atoms with Gasteiger partial charge in [-0.15, -0.1) is 0 Å². The highest BCUT2D eigenvalue weighted by Gasteiger charge is 2.46. The summed E-state index contributed by atoms with van der Waals surface area (Å²) < 4.78 is 26.4. The first-order valence-electron chi connectivity index (χ1n) is 20.7. The number of aryl methyl sites for hydroxylation is 2. The Balaban J connectivity index is 1.09. The lowest BCUT2D eigenvalue weighted by atomic mass is 9.43. The maximum absolute atomic E-state index is 6.70. The number of para-hydroxylation sites is 4. The van der Waals surface area contributed by atoms with E-state index in [2.05, 4.69) is 151 Å². The fourth-order valence-electron chi connectivity index (χ4n) is 9.70. The minimum Gasteiger partial charge on any atom is -0.450 e. The Bertz CT molecular complexity index is 3310. The lowest BCUT2D eigenvalue weighted by Gasteiger charge is -2.46. The van der Waals surface area contributed by atoms with E-state index in [9.17, 15) is 0 Å². The first kappa shape index (κ1) is 34.0. The van der Waals surface area contributed by atoms with Gasteiger partial charge in [-0.25, -0.2) is 0 Å². The zero-order chi connectivity index (χ0) is 40.3. The molecule has 7 heteroatoms. The van der Waals surface area contributed by atoms with Crippen LogP contribution < -0.4 is 39.6 Å². The van der Waals surface area contributed by atoms with Crippen molar-refractivity contribution in [3.63, 3.8) is 0 Å². The number of rotatable bonds is 3. The van der Waals surface area contributed by atoms with E-state index in [4.69, 9.17) is 18.9 Å². The lowest BCUT2D eigenvalue weighted by Crippen LogP contribution is -2.61. The van der Waals surface area contributed by atoms with Gasteiger partial charge in [0.1, 0.15) is 0 Å². The number of benzene rings is 9. The molecule has 13 rings (SSSR count). The van der Waals surface area contributed by atoms with Crippen molar-refractivity contribution in [3.8, 4) is 68.2 Å². The molecule has 0 bridgehead atoms. The molecular weight excluding hydrogens is 751 g/mol. The summed E-state index contributed by atoms with van der Waals surface area (Å²) in [6.07, 6.45) is 0. The van der Waals surface area contributed by atoms with Crippen LogP contribution in [0.25, 0.3) is 33.0 Å². The molecule has 9 aromatic carbocycles. The van der Waals surface area contributed by atoms with E-state index < -0.39 is 0 Å². The average molecular weight is 787 g/mol. The molecule has 61 heavy (non-hydrogen) atoms. The molecular formula is C54H35BN2O4. The minimum absolute atomic E-state index is 0.233. The fraction of sp³-hybridized carbons (Fsp3) is 0.0370. The van der Waals surface area contributed by atoms with Crippen LogP contribution in [0.4, 0.5) is 28.4 Å². The second kappa shape index (κ2) is 12.8. The van der Waals surface area contributed by atoms with E-state index in [1.165, 1.54) is 38.5 Å². The molecule has 0 aromatic heterocycles. The van der Waals surface area contributed by atoms with E-state index in [0.717, 1.165) is 45.0 Å². The molecule has 0 saturated carbocycles. The van der Waals surface area contributed by atoms with Gasteiger partial charge in [0.2, 0.25) is 0 Å². The van der Waals surface area contributed by atoms with Gasteiger partial charge in [-0.05, 0) is 130 Å². The Hall–Kier alpha value is -7.90. The van der Waals surface area contributed by atoms with Gasteiger partial charge in [-0.1, -0.05) is 97.1 Å². The number of fused-ring (bicyclic) bond motifs is 9. The molecule has 0 radical (unpaired) electrons. The first-order valence-corrected chi connectivity index (χ1v) is 20.7. The lowest BCUT2D eigenvalue weighted by molar-refractivity contribution is 0.359. The quantitative estimate of drug-likeness (QED) is 0.166. The van der Waals surface area contributed by atoms with Crippen LogP contribution in [0, 0.1) is 13.8 Å². The highest BCUT2D eigenvalue weighted by molar-refractivity contribution is 6.93. The average Bonchev–Trinajstić information content (AvgIpc) is 3.29. The van der Waals surface area contributed by atoms with Gasteiger partial charge >= 0.3 is 6.85 Å². The predicted molar refractivity (Wildman–Crippen MR) is 246 cm³/mol. The van der Waals surface area contributed by atoms with Crippen molar-refractivity contribution in [2.75, 3.05) is 9.71 Å². The van der Waals surface area contributed by atoms with Crippen LogP contribution in [0.2, 0.25) is 0 Å². The van der Waals surface area contributed by atoms with E-state index in [-0.39, 0.29) is 6.85 Å². The van der Waals surface area contributed by atoms with E-state index in [1.807, 2.05) is 48.5 Å². The van der Waals surface area contributed by atoms with Crippen LogP contribution in [-0.2, 0) is 0 Å². The van der Waals surface area contributed by atoms with Crippen LogP contribution >= 0.6 is 0 Å². The first-order chi connectivity index (χ1) is 30.0. The highest BCUT2D eigenvalue weighted by Crippen LogP contribution is 2.54. The van der Waals surface area contributed by atoms with Crippen molar-refractivity contribution >= 4 is 57.0 Å². The Labute approximate surface area is 353 Å². The Morgan fingerprint density at radius 2 is 0.934 bits per heavy atom. The standard InChI is InChI=1S/C54H35BN2O4/c1-32-24-40-39-27-36-14-6-7-15-37(36)28-43(39)57(38-22-20-35(21-23-38)34-12-4-3-5-13-34)55-41-29-51-53(61-49-19-11-9-17-47(49)59-51)31-44(41)56(45(25-32)54(40)55)42-30-52-50(26-33(42)2)58-46-16-8-10-18-48(46)60-52/h3-31H,1-2H3. The normalized spacial score (nSPS) is 13.5. The fourth-order valence-corrected chi connectivity index (χ4v) is 9.70. The number of hydrogen-bond acceptors (Lipinski definition) is 6. The van der Waals surface area contributed by atoms with Crippen molar-refractivity contribution in [2.45, 2.75) is 13.8 Å². The van der Waals surface area contributed by atoms with E-state index in [0.29, 0.717) is 46.0 Å². The largest absolute Gasteiger partial charge is 0.450 e. The van der Waals surface area contributed by atoms with Crippen molar-refractivity contribution in [1.29, 1.82) is 0 Å². The molecule has 0 amide bonds. The molecule has 0 N–H and O–H groups in total. The van der Waals surface area contributed by atoms with Crippen molar-refractivity contribution in [1.82, 2.24) is 0 Å². The number of ether oxygens (including phenoxy) is 4. The third-order valence-electron chi connectivity index (χ3n) is 12.5. The summed E-state index contributed by atoms with van der Waals surface area (Å²) in [5, 5.41) is 2.39.